The fourth-order valence-electron chi connectivity index (χ4n) is 8.33. The third kappa shape index (κ3) is 11.4. The molecule has 0 amide bonds. The fourth-order valence-corrected chi connectivity index (χ4v) is 12.6. The Hall–Kier alpha value is -4.33. The van der Waals surface area contributed by atoms with Crippen molar-refractivity contribution in [2.45, 2.75) is 91.5 Å². The average Bonchev–Trinajstić information content (AvgIpc) is 3.24. The minimum Gasteiger partial charge on any atom is -0.374 e. The highest BCUT2D eigenvalue weighted by atomic mass is 31.2. The second-order valence-electron chi connectivity index (χ2n) is 16.9. The topological polar surface area (TPSA) is 18.5 Å². The molecule has 6 rings (SSSR count). The van der Waals surface area contributed by atoms with Crippen LogP contribution >= 0.6 is 7.26 Å². The van der Waals surface area contributed by atoms with Gasteiger partial charge >= 0.3 is 0 Å². The zero-order valence-corrected chi connectivity index (χ0v) is 36.1. The van der Waals surface area contributed by atoms with E-state index in [0.717, 1.165) is 12.6 Å². The predicted octanol–water partition coefficient (Wildman–Crippen LogP) is 13.0. The Morgan fingerprint density at radius 1 is 0.421 bits per heavy atom. The lowest BCUT2D eigenvalue weighted by Crippen LogP contribution is -2.32. The predicted molar refractivity (Wildman–Crippen MR) is 246 cm³/mol. The summed E-state index contributed by atoms with van der Waals surface area (Å²) in [5.74, 6) is 2.65. The molecular formula is C54H64O2P+. The Balaban J connectivity index is 1.12. The third-order valence-electron chi connectivity index (χ3n) is 11.5. The van der Waals surface area contributed by atoms with Crippen LogP contribution in [0.1, 0.15) is 106 Å². The number of rotatable bonds is 20. The van der Waals surface area contributed by atoms with Crippen molar-refractivity contribution in [2.75, 3.05) is 13.2 Å². The first-order valence-electron chi connectivity index (χ1n) is 21.2. The monoisotopic (exact) mass is 775 g/mol. The Bertz CT molecular complexity index is 1920. The molecule has 0 N–H and O–H groups in total. The van der Waals surface area contributed by atoms with Crippen molar-refractivity contribution in [3.8, 4) is 0 Å². The summed E-state index contributed by atoms with van der Waals surface area (Å²) in [7, 11) is -1.96. The van der Waals surface area contributed by atoms with Gasteiger partial charge in [0, 0.05) is 0 Å². The normalized spacial score (nSPS) is 13.0. The summed E-state index contributed by atoms with van der Waals surface area (Å²) in [6.45, 7) is 16.3. The minimum absolute atomic E-state index is 0.471. The van der Waals surface area contributed by atoms with E-state index in [4.69, 9.17) is 9.47 Å². The molecule has 2 atom stereocenters. The molecule has 0 fully saturated rings. The van der Waals surface area contributed by atoms with Crippen molar-refractivity contribution in [1.29, 1.82) is 0 Å². The highest BCUT2D eigenvalue weighted by Crippen LogP contribution is 2.58. The van der Waals surface area contributed by atoms with Gasteiger partial charge in [-0.15, -0.1) is 0 Å². The molecule has 6 aromatic rings. The van der Waals surface area contributed by atoms with Gasteiger partial charge in [0.05, 0.1) is 32.6 Å². The quantitative estimate of drug-likeness (QED) is 0.0568. The molecule has 0 heterocycles. The number of benzene rings is 6. The smallest absolute Gasteiger partial charge is 0.116 e. The molecule has 296 valence electrons. The summed E-state index contributed by atoms with van der Waals surface area (Å²) in [5.41, 5.74) is 8.05. The van der Waals surface area contributed by atoms with E-state index < -0.39 is 7.26 Å². The molecule has 2 unspecified atom stereocenters. The molecular weight excluding hydrogens is 712 g/mol. The standard InChI is InChI=1S/C54H64O2P/c1-41(2)36-50(37-54(43(5)6)49-32-24-45(25-33-49)39-56-35-34-55-38-44-22-28-47(29-23-44)42(3)4)48-30-26-46(27-31-48)40-57(51-16-10-7-11-17-51,52-18-12-8-13-19-52)53-20-14-9-15-21-53/h7-33,41-43,50,54H,34-40H2,1-6H3/q+1. The summed E-state index contributed by atoms with van der Waals surface area (Å²) in [4.78, 5) is 0. The van der Waals surface area contributed by atoms with Crippen molar-refractivity contribution in [3.05, 3.63) is 197 Å². The second kappa shape index (κ2) is 20.9. The van der Waals surface area contributed by atoms with Crippen LogP contribution < -0.4 is 15.9 Å². The average molecular weight is 776 g/mol. The lowest BCUT2D eigenvalue weighted by atomic mass is 9.76. The molecule has 0 bridgehead atoms. The summed E-state index contributed by atoms with van der Waals surface area (Å²) < 4.78 is 11.9. The van der Waals surface area contributed by atoms with Crippen LogP contribution in [0.25, 0.3) is 0 Å². The van der Waals surface area contributed by atoms with Gasteiger partial charge in [0.15, 0.2) is 0 Å². The second-order valence-corrected chi connectivity index (χ2v) is 20.4. The fraction of sp³-hybridized carbons (Fsp3) is 0.333. The zero-order chi connectivity index (χ0) is 40.0. The molecule has 6 aromatic carbocycles. The molecule has 0 radical (unpaired) electrons. The molecule has 0 aliphatic carbocycles. The van der Waals surface area contributed by atoms with Gasteiger partial charge < -0.3 is 9.47 Å². The SMILES string of the molecule is CC(C)CC(CC(c1ccc(COCCOCc2ccc(C(C)C)cc2)cc1)C(C)C)c1ccc(C[P+](c2ccccc2)(c2ccccc2)c2ccccc2)cc1. The molecule has 0 aliphatic heterocycles. The molecule has 57 heavy (non-hydrogen) atoms. The highest BCUT2D eigenvalue weighted by Gasteiger charge is 2.45. The first-order chi connectivity index (χ1) is 27.7. The van der Waals surface area contributed by atoms with E-state index >= 15 is 0 Å². The van der Waals surface area contributed by atoms with Crippen LogP contribution in [-0.4, -0.2) is 13.2 Å². The van der Waals surface area contributed by atoms with Gasteiger partial charge in [-0.2, -0.15) is 0 Å². The maximum atomic E-state index is 6.01. The van der Waals surface area contributed by atoms with Gasteiger partial charge in [0.25, 0.3) is 0 Å². The third-order valence-corrected chi connectivity index (χ3v) is 15.9. The maximum Gasteiger partial charge on any atom is 0.116 e. The Kier molecular flexibility index (Phi) is 15.5. The summed E-state index contributed by atoms with van der Waals surface area (Å²) in [5, 5.41) is 4.28. The van der Waals surface area contributed by atoms with Crippen molar-refractivity contribution < 1.29 is 9.47 Å². The van der Waals surface area contributed by atoms with Gasteiger partial charge in [0.2, 0.25) is 0 Å². The van der Waals surface area contributed by atoms with Crippen LogP contribution in [0.3, 0.4) is 0 Å². The minimum atomic E-state index is -1.96. The zero-order valence-electron chi connectivity index (χ0n) is 35.2. The van der Waals surface area contributed by atoms with E-state index in [1.165, 1.54) is 55.7 Å². The van der Waals surface area contributed by atoms with Crippen LogP contribution in [0, 0.1) is 11.8 Å². The number of hydrogen-bond donors (Lipinski definition) is 0. The Labute approximate surface area is 345 Å². The summed E-state index contributed by atoms with van der Waals surface area (Å²) >= 11 is 0. The van der Waals surface area contributed by atoms with Crippen molar-refractivity contribution in [3.63, 3.8) is 0 Å². The lowest BCUT2D eigenvalue weighted by Gasteiger charge is -2.29. The van der Waals surface area contributed by atoms with Crippen LogP contribution in [0.4, 0.5) is 0 Å². The number of ether oxygens (including phenoxy) is 2. The van der Waals surface area contributed by atoms with Gasteiger partial charge in [0.1, 0.15) is 23.2 Å². The molecule has 0 saturated heterocycles. The molecule has 0 aromatic heterocycles. The van der Waals surface area contributed by atoms with Crippen LogP contribution in [-0.2, 0) is 28.8 Å². The van der Waals surface area contributed by atoms with E-state index in [2.05, 4.69) is 205 Å². The maximum absolute atomic E-state index is 6.01. The number of hydrogen-bond acceptors (Lipinski definition) is 2. The van der Waals surface area contributed by atoms with Gasteiger partial charge in [-0.05, 0) is 112 Å². The molecule has 0 saturated carbocycles. The van der Waals surface area contributed by atoms with Gasteiger partial charge in [-0.1, -0.05) is 169 Å². The first-order valence-corrected chi connectivity index (χ1v) is 23.2. The Morgan fingerprint density at radius 3 is 1.23 bits per heavy atom. The highest BCUT2D eigenvalue weighted by molar-refractivity contribution is 7.95. The van der Waals surface area contributed by atoms with E-state index in [0.29, 0.717) is 56.0 Å². The van der Waals surface area contributed by atoms with Crippen LogP contribution in [0.2, 0.25) is 0 Å². The van der Waals surface area contributed by atoms with E-state index in [1.807, 2.05) is 0 Å². The summed E-state index contributed by atoms with van der Waals surface area (Å²) in [6, 6.07) is 61.4. The molecule has 0 spiro atoms. The van der Waals surface area contributed by atoms with Crippen molar-refractivity contribution >= 4 is 23.2 Å². The van der Waals surface area contributed by atoms with E-state index in [1.54, 1.807) is 0 Å². The van der Waals surface area contributed by atoms with Crippen molar-refractivity contribution in [2.24, 2.45) is 11.8 Å². The van der Waals surface area contributed by atoms with E-state index in [-0.39, 0.29) is 0 Å². The van der Waals surface area contributed by atoms with Gasteiger partial charge in [-0.3, -0.25) is 0 Å². The van der Waals surface area contributed by atoms with E-state index in [9.17, 15) is 0 Å². The molecule has 2 nitrogen and oxygen atoms in total. The lowest BCUT2D eigenvalue weighted by molar-refractivity contribution is 0.0339. The largest absolute Gasteiger partial charge is 0.374 e. The van der Waals surface area contributed by atoms with Crippen LogP contribution in [0.15, 0.2) is 164 Å². The molecule has 0 aliphatic rings. The summed E-state index contributed by atoms with van der Waals surface area (Å²) in [6.07, 6.45) is 3.30. The Morgan fingerprint density at radius 2 is 0.825 bits per heavy atom. The first kappa shape index (κ1) is 42.3. The van der Waals surface area contributed by atoms with Crippen molar-refractivity contribution in [1.82, 2.24) is 0 Å². The van der Waals surface area contributed by atoms with Gasteiger partial charge in [-0.25, -0.2) is 0 Å². The van der Waals surface area contributed by atoms with Crippen LogP contribution in [0.5, 0.6) is 0 Å². The molecule has 3 heteroatoms.